The second-order valence-electron chi connectivity index (χ2n) is 16.4. The van der Waals surface area contributed by atoms with E-state index in [0.717, 1.165) is 60.8 Å². The average molecular weight is 891 g/mol. The molecule has 66 heavy (non-hydrogen) atoms. The molecule has 2 atom stereocenters. The van der Waals surface area contributed by atoms with Crippen molar-refractivity contribution in [3.05, 3.63) is 168 Å². The molecule has 0 N–H and O–H groups in total. The number of hydrogen-bond acceptors (Lipinski definition) is 10. The molecule has 10 heteroatoms. The third-order valence-electron chi connectivity index (χ3n) is 11.2. The summed E-state index contributed by atoms with van der Waals surface area (Å²) in [6, 6.07) is 42.7. The number of carbonyl (C=O) groups is 4. The molecule has 6 aromatic rings. The molecule has 342 valence electrons. The van der Waals surface area contributed by atoms with Gasteiger partial charge in [0.1, 0.15) is 23.0 Å². The summed E-state index contributed by atoms with van der Waals surface area (Å²) in [5, 5.41) is 0. The van der Waals surface area contributed by atoms with E-state index in [-0.39, 0.29) is 11.9 Å². The number of hydrogen-bond donors (Lipinski definition) is 0. The van der Waals surface area contributed by atoms with Gasteiger partial charge in [0.2, 0.25) is 0 Å². The molecule has 0 radical (unpaired) electrons. The van der Waals surface area contributed by atoms with Crippen LogP contribution in [0.1, 0.15) is 108 Å². The molecule has 0 aliphatic rings. The molecule has 0 spiro atoms. The minimum Gasteiger partial charge on any atom is -0.494 e. The number of rotatable bonds is 23. The van der Waals surface area contributed by atoms with Crippen LogP contribution in [-0.2, 0) is 9.47 Å². The number of benzene rings is 6. The Hall–Kier alpha value is -7.20. The summed E-state index contributed by atoms with van der Waals surface area (Å²) >= 11 is 0. The van der Waals surface area contributed by atoms with Gasteiger partial charge in [0.05, 0.1) is 48.7 Å². The number of esters is 4. The predicted octanol–water partition coefficient (Wildman–Crippen LogP) is 12.9. The number of ether oxygens (including phenoxy) is 6. The largest absolute Gasteiger partial charge is 0.494 e. The van der Waals surface area contributed by atoms with Crippen molar-refractivity contribution in [3.8, 4) is 45.3 Å². The minimum absolute atomic E-state index is 0.322. The van der Waals surface area contributed by atoms with Gasteiger partial charge in [-0.15, -0.1) is 0 Å². The van der Waals surface area contributed by atoms with Gasteiger partial charge in [-0.2, -0.15) is 0 Å². The van der Waals surface area contributed by atoms with Crippen LogP contribution in [-0.4, -0.2) is 50.3 Å². The highest BCUT2D eigenvalue weighted by Crippen LogP contribution is 2.26. The monoisotopic (exact) mass is 890 g/mol. The van der Waals surface area contributed by atoms with Crippen molar-refractivity contribution in [2.45, 2.75) is 66.2 Å². The SMILES string of the molecule is CCC(C)COC(=O)c1ccc(-c2ccc(OC(=O)c3ccc(OCCCCCCOc4ccc(C(=O)Oc5ccc(-c6ccc(C(=O)OCC(C)CC)cc6)cc5)cc4)cc3)cc2)cc1. The molecule has 6 rings (SSSR count). The van der Waals surface area contributed by atoms with E-state index < -0.39 is 11.9 Å². The highest BCUT2D eigenvalue weighted by molar-refractivity contribution is 5.93. The molecule has 0 saturated heterocycles. The second kappa shape index (κ2) is 24.8. The van der Waals surface area contributed by atoms with E-state index in [1.807, 2.05) is 62.4 Å². The van der Waals surface area contributed by atoms with Crippen LogP contribution in [0.25, 0.3) is 22.3 Å². The topological polar surface area (TPSA) is 124 Å². The maximum Gasteiger partial charge on any atom is 0.343 e. The molecule has 0 amide bonds. The predicted molar refractivity (Wildman–Crippen MR) is 255 cm³/mol. The van der Waals surface area contributed by atoms with Gasteiger partial charge in [0.15, 0.2) is 0 Å². The van der Waals surface area contributed by atoms with Crippen molar-refractivity contribution in [1.82, 2.24) is 0 Å². The van der Waals surface area contributed by atoms with Gasteiger partial charge >= 0.3 is 23.9 Å². The Kier molecular flexibility index (Phi) is 18.1. The Morgan fingerprint density at radius 2 is 0.636 bits per heavy atom. The van der Waals surface area contributed by atoms with Gasteiger partial charge in [0.25, 0.3) is 0 Å². The highest BCUT2D eigenvalue weighted by atomic mass is 16.5. The Labute approximate surface area is 387 Å². The highest BCUT2D eigenvalue weighted by Gasteiger charge is 2.14. The third kappa shape index (κ3) is 14.7. The molecular formula is C56H58O10. The minimum atomic E-state index is -0.465. The van der Waals surface area contributed by atoms with Crippen LogP contribution in [0.4, 0.5) is 0 Å². The number of unbranched alkanes of at least 4 members (excludes halogenated alkanes) is 3. The molecule has 0 heterocycles. The summed E-state index contributed by atoms with van der Waals surface area (Å²) < 4.78 is 33.8. The lowest BCUT2D eigenvalue weighted by Gasteiger charge is -2.10. The maximum atomic E-state index is 12.8. The third-order valence-corrected chi connectivity index (χ3v) is 11.2. The van der Waals surface area contributed by atoms with E-state index in [9.17, 15) is 19.2 Å². The maximum absolute atomic E-state index is 12.8. The average Bonchev–Trinajstić information content (AvgIpc) is 3.36. The van der Waals surface area contributed by atoms with Crippen molar-refractivity contribution in [1.29, 1.82) is 0 Å². The van der Waals surface area contributed by atoms with E-state index in [0.29, 0.717) is 83.5 Å². The van der Waals surface area contributed by atoms with Crippen molar-refractivity contribution in [3.63, 3.8) is 0 Å². The fourth-order valence-electron chi connectivity index (χ4n) is 6.51. The summed E-state index contributed by atoms with van der Waals surface area (Å²) in [5.41, 5.74) is 5.55. The quantitative estimate of drug-likeness (QED) is 0.0349. The van der Waals surface area contributed by atoms with Crippen LogP contribution in [0, 0.1) is 11.8 Å². The van der Waals surface area contributed by atoms with Gasteiger partial charge < -0.3 is 28.4 Å². The Morgan fingerprint density at radius 3 is 0.955 bits per heavy atom. The van der Waals surface area contributed by atoms with E-state index in [1.54, 1.807) is 97.1 Å². The standard InChI is InChI=1S/C56H58O10/c1-5-39(3)37-63-53(57)45-15-11-41(12-16-45)43-19-31-51(32-20-43)65-55(59)47-23-27-49(28-24-47)61-35-9-7-8-10-36-62-50-29-25-48(26-30-50)56(60)66-52-33-21-44(22-34-52)42-13-17-46(18-14-42)54(58)64-38-40(4)6-2/h11-34,39-40H,5-10,35-38H2,1-4H3. The lowest BCUT2D eigenvalue weighted by Crippen LogP contribution is -2.11. The van der Waals surface area contributed by atoms with E-state index in [1.165, 1.54) is 0 Å². The fraction of sp³-hybridized carbons (Fsp3) is 0.286. The summed E-state index contributed by atoms with van der Waals surface area (Å²) in [6.45, 7) is 10.1. The van der Waals surface area contributed by atoms with Gasteiger partial charge in [-0.05, 0) is 157 Å². The molecule has 0 aliphatic heterocycles. The zero-order valence-electron chi connectivity index (χ0n) is 38.2. The normalized spacial score (nSPS) is 11.8. The second-order valence-corrected chi connectivity index (χ2v) is 16.4. The van der Waals surface area contributed by atoms with Crippen molar-refractivity contribution >= 4 is 23.9 Å². The zero-order valence-corrected chi connectivity index (χ0v) is 38.2. The first-order valence-electron chi connectivity index (χ1n) is 22.7. The molecule has 0 fully saturated rings. The van der Waals surface area contributed by atoms with Crippen molar-refractivity contribution < 1.29 is 47.6 Å². The fourth-order valence-corrected chi connectivity index (χ4v) is 6.51. The molecule has 0 aromatic heterocycles. The van der Waals surface area contributed by atoms with Gasteiger partial charge in [-0.25, -0.2) is 19.2 Å². The van der Waals surface area contributed by atoms with Crippen LogP contribution >= 0.6 is 0 Å². The van der Waals surface area contributed by atoms with Crippen LogP contribution < -0.4 is 18.9 Å². The van der Waals surface area contributed by atoms with Crippen LogP contribution in [0.15, 0.2) is 146 Å². The first-order chi connectivity index (χ1) is 32.1. The van der Waals surface area contributed by atoms with E-state index >= 15 is 0 Å². The van der Waals surface area contributed by atoms with Gasteiger partial charge in [-0.3, -0.25) is 0 Å². The molecule has 0 aliphatic carbocycles. The molecule has 10 nitrogen and oxygen atoms in total. The van der Waals surface area contributed by atoms with Crippen LogP contribution in [0.5, 0.6) is 23.0 Å². The molecule has 0 bridgehead atoms. The zero-order chi connectivity index (χ0) is 46.7. The Bertz CT molecular complexity index is 2280. The van der Waals surface area contributed by atoms with E-state index in [2.05, 4.69) is 13.8 Å². The lowest BCUT2D eigenvalue weighted by molar-refractivity contribution is 0.0438. The van der Waals surface area contributed by atoms with E-state index in [4.69, 9.17) is 28.4 Å². The first kappa shape index (κ1) is 48.3. The Morgan fingerprint density at radius 1 is 0.364 bits per heavy atom. The summed E-state index contributed by atoms with van der Waals surface area (Å²) in [6.07, 6.45) is 5.59. The van der Waals surface area contributed by atoms with Crippen LogP contribution in [0.2, 0.25) is 0 Å². The summed E-state index contributed by atoms with van der Waals surface area (Å²) in [7, 11) is 0. The van der Waals surface area contributed by atoms with Gasteiger partial charge in [-0.1, -0.05) is 89.1 Å². The van der Waals surface area contributed by atoms with Crippen LogP contribution in [0.3, 0.4) is 0 Å². The van der Waals surface area contributed by atoms with Crippen molar-refractivity contribution in [2.75, 3.05) is 26.4 Å². The summed E-state index contributed by atoms with van der Waals surface area (Å²) in [4.78, 5) is 50.3. The van der Waals surface area contributed by atoms with Crippen molar-refractivity contribution in [2.24, 2.45) is 11.8 Å². The molecule has 2 unspecified atom stereocenters. The first-order valence-corrected chi connectivity index (χ1v) is 22.7. The summed E-state index contributed by atoms with van der Waals surface area (Å²) in [5.74, 6) is 1.26. The molecule has 6 aromatic carbocycles. The Balaban J connectivity index is 0.826. The number of carbonyl (C=O) groups excluding carboxylic acids is 4. The molecular weight excluding hydrogens is 833 g/mol. The van der Waals surface area contributed by atoms with Gasteiger partial charge in [0, 0.05) is 0 Å². The lowest BCUT2D eigenvalue weighted by atomic mass is 10.0. The smallest absolute Gasteiger partial charge is 0.343 e. The molecule has 0 saturated carbocycles.